The predicted octanol–water partition coefficient (Wildman–Crippen LogP) is -6.72. The molecule has 10 heteroatoms. The van der Waals surface area contributed by atoms with Crippen molar-refractivity contribution in [2.75, 3.05) is 0 Å². The molecule has 0 radical (unpaired) electrons. The van der Waals surface area contributed by atoms with E-state index in [-0.39, 0.29) is 81.2 Å². The fraction of sp³-hybridized carbons (Fsp3) is 0. The summed E-state index contributed by atoms with van der Waals surface area (Å²) in [5.41, 5.74) is -0.356. The maximum atomic E-state index is 10.7. The first-order valence-corrected chi connectivity index (χ1v) is 5.42. The summed E-state index contributed by atoms with van der Waals surface area (Å²) in [6.45, 7) is 0. The number of rotatable bonds is 2. The van der Waals surface area contributed by atoms with Gasteiger partial charge in [-0.2, -0.15) is 0 Å². The standard InChI is InChI=1S/2C7H6O3.2Na.2H2O/c2*8-6-4-2-1-3-5(6)7(9)10;;;;/h2*1-4,8H,(H,9,10);;;2*1H2/q;;2*+1;;/p-2. The van der Waals surface area contributed by atoms with Crippen molar-refractivity contribution < 1.29 is 100 Å². The molecule has 24 heavy (non-hydrogen) atoms. The van der Waals surface area contributed by atoms with Crippen molar-refractivity contribution >= 4 is 11.9 Å². The first kappa shape index (κ1) is 30.7. The minimum atomic E-state index is -1.18. The van der Waals surface area contributed by atoms with Crippen molar-refractivity contribution in [2.24, 2.45) is 0 Å². The van der Waals surface area contributed by atoms with E-state index in [2.05, 4.69) is 0 Å². The number of aromatic carboxylic acids is 2. The van der Waals surface area contributed by atoms with Crippen LogP contribution in [0.5, 0.6) is 11.5 Å². The molecule has 0 aliphatic carbocycles. The zero-order chi connectivity index (χ0) is 15.1. The molecule has 0 saturated heterocycles. The van der Waals surface area contributed by atoms with E-state index in [0.717, 1.165) is 0 Å². The van der Waals surface area contributed by atoms with Crippen LogP contribution in [0.2, 0.25) is 0 Å². The first-order chi connectivity index (χ1) is 9.43. The molecule has 0 saturated carbocycles. The predicted molar refractivity (Wildman–Crippen MR) is 72.9 cm³/mol. The van der Waals surface area contributed by atoms with Gasteiger partial charge in [0.15, 0.2) is 0 Å². The number of hydrogen-bond donors (Lipinski definition) is 2. The number of carboxylic acids is 2. The number of carbonyl (C=O) groups is 2. The van der Waals surface area contributed by atoms with Gasteiger partial charge < -0.3 is 31.4 Å². The van der Waals surface area contributed by atoms with Crippen molar-refractivity contribution in [1.82, 2.24) is 0 Å². The largest absolute Gasteiger partial charge is 1.00 e. The molecule has 0 aliphatic heterocycles. The van der Waals surface area contributed by atoms with E-state index < -0.39 is 23.4 Å². The SMILES string of the molecule is O.O.O=C(O)c1ccccc1[O-].O=C(O)c1ccccc1[O-].[Na+].[Na+]. The van der Waals surface area contributed by atoms with Crippen LogP contribution in [0, 0.1) is 0 Å². The second-order valence-electron chi connectivity index (χ2n) is 3.60. The maximum Gasteiger partial charge on any atom is 1.00 e. The van der Waals surface area contributed by atoms with E-state index in [9.17, 15) is 19.8 Å². The summed E-state index contributed by atoms with van der Waals surface area (Å²) in [4.78, 5) is 20.4. The van der Waals surface area contributed by atoms with Crippen LogP contribution in [-0.2, 0) is 0 Å². The summed E-state index contributed by atoms with van der Waals surface area (Å²) >= 11 is 0. The van der Waals surface area contributed by atoms with Crippen LogP contribution < -0.4 is 69.3 Å². The molecule has 0 bridgehead atoms. The van der Waals surface area contributed by atoms with Gasteiger partial charge in [0, 0.05) is 0 Å². The van der Waals surface area contributed by atoms with E-state index >= 15 is 0 Å². The Morgan fingerprint density at radius 1 is 0.667 bits per heavy atom. The Labute approximate surface area is 182 Å². The van der Waals surface area contributed by atoms with Gasteiger partial charge in [0.1, 0.15) is 0 Å². The first-order valence-electron chi connectivity index (χ1n) is 5.42. The molecule has 0 fully saturated rings. The third kappa shape index (κ3) is 9.91. The molecule has 0 atom stereocenters. The molecule has 0 spiro atoms. The second-order valence-corrected chi connectivity index (χ2v) is 3.60. The van der Waals surface area contributed by atoms with Gasteiger partial charge in [-0.25, -0.2) is 9.59 Å². The summed E-state index contributed by atoms with van der Waals surface area (Å²) in [5, 5.41) is 38.1. The zero-order valence-corrected chi connectivity index (χ0v) is 17.1. The Bertz CT molecular complexity index is 578. The van der Waals surface area contributed by atoms with Crippen molar-refractivity contribution in [3.8, 4) is 11.5 Å². The Morgan fingerprint density at radius 2 is 0.917 bits per heavy atom. The molecular formula is C14H14Na2O8. The van der Waals surface area contributed by atoms with Crippen LogP contribution in [0.3, 0.4) is 0 Å². The molecule has 0 unspecified atom stereocenters. The van der Waals surface area contributed by atoms with E-state index in [4.69, 9.17) is 10.2 Å². The quantitative estimate of drug-likeness (QED) is 0.504. The average molecular weight is 356 g/mol. The topological polar surface area (TPSA) is 184 Å². The average Bonchev–Trinajstić information content (AvgIpc) is 2.40. The Morgan fingerprint density at radius 3 is 1.08 bits per heavy atom. The van der Waals surface area contributed by atoms with Crippen molar-refractivity contribution in [3.63, 3.8) is 0 Å². The van der Waals surface area contributed by atoms with Gasteiger partial charge in [0.2, 0.25) is 0 Å². The van der Waals surface area contributed by atoms with Gasteiger partial charge in [-0.05, 0) is 12.1 Å². The van der Waals surface area contributed by atoms with Crippen molar-refractivity contribution in [2.45, 2.75) is 0 Å². The molecule has 8 nitrogen and oxygen atoms in total. The van der Waals surface area contributed by atoms with Gasteiger partial charge in [-0.15, -0.1) is 0 Å². The van der Waals surface area contributed by atoms with Crippen molar-refractivity contribution in [1.29, 1.82) is 0 Å². The monoisotopic (exact) mass is 356 g/mol. The fourth-order valence-corrected chi connectivity index (χ4v) is 1.29. The Hall–Kier alpha value is -1.10. The van der Waals surface area contributed by atoms with E-state index in [1.807, 2.05) is 0 Å². The molecular weight excluding hydrogens is 342 g/mol. The third-order valence-electron chi connectivity index (χ3n) is 2.23. The summed E-state index contributed by atoms with van der Waals surface area (Å²) in [6.07, 6.45) is 0. The maximum absolute atomic E-state index is 10.7. The number of hydrogen-bond acceptors (Lipinski definition) is 4. The van der Waals surface area contributed by atoms with Gasteiger partial charge in [-0.1, -0.05) is 47.9 Å². The molecule has 0 heterocycles. The molecule has 2 aromatic rings. The summed E-state index contributed by atoms with van der Waals surface area (Å²) in [6, 6.07) is 11.1. The van der Waals surface area contributed by atoms with Crippen LogP contribution in [0.15, 0.2) is 48.5 Å². The van der Waals surface area contributed by atoms with E-state index in [1.165, 1.54) is 48.5 Å². The van der Waals surface area contributed by atoms with E-state index in [0.29, 0.717) is 0 Å². The fourth-order valence-electron chi connectivity index (χ4n) is 1.29. The van der Waals surface area contributed by atoms with E-state index in [1.54, 1.807) is 0 Å². The molecule has 120 valence electrons. The molecule has 2 rings (SSSR count). The van der Waals surface area contributed by atoms with Crippen LogP contribution >= 0.6 is 0 Å². The zero-order valence-electron chi connectivity index (χ0n) is 13.1. The van der Waals surface area contributed by atoms with Crippen LogP contribution in [-0.4, -0.2) is 33.1 Å². The van der Waals surface area contributed by atoms with Crippen LogP contribution in [0.25, 0.3) is 0 Å². The van der Waals surface area contributed by atoms with Crippen LogP contribution in [0.1, 0.15) is 20.7 Å². The number of carboxylic acid groups (broad SMARTS) is 2. The van der Waals surface area contributed by atoms with Crippen molar-refractivity contribution in [3.05, 3.63) is 59.7 Å². The van der Waals surface area contributed by atoms with Gasteiger partial charge >= 0.3 is 71.1 Å². The van der Waals surface area contributed by atoms with Gasteiger partial charge in [0.05, 0.1) is 11.1 Å². The Balaban J connectivity index is -0.000000143. The third-order valence-corrected chi connectivity index (χ3v) is 2.23. The number of benzene rings is 2. The smallest absolute Gasteiger partial charge is 0.872 e. The minimum absolute atomic E-state index is 0. The summed E-state index contributed by atoms with van der Waals surface area (Å²) in [7, 11) is 0. The molecule has 6 N–H and O–H groups in total. The van der Waals surface area contributed by atoms with Gasteiger partial charge in [0.25, 0.3) is 0 Å². The summed E-state index contributed by atoms with van der Waals surface area (Å²) in [5.74, 6) is -3.25. The number of para-hydroxylation sites is 2. The molecule has 0 aliphatic rings. The summed E-state index contributed by atoms with van der Waals surface area (Å²) < 4.78 is 0. The molecule has 0 amide bonds. The second kappa shape index (κ2) is 15.4. The Kier molecular flexibility index (Phi) is 19.8. The van der Waals surface area contributed by atoms with Crippen LogP contribution in [0.4, 0.5) is 0 Å². The minimum Gasteiger partial charge on any atom is -0.872 e. The molecule has 2 aromatic carbocycles. The molecule has 0 aromatic heterocycles. The normalized spacial score (nSPS) is 7.67. The van der Waals surface area contributed by atoms with Gasteiger partial charge in [-0.3, -0.25) is 0 Å².